The molecule has 4 unspecified atom stereocenters. The lowest BCUT2D eigenvalue weighted by molar-refractivity contribution is -0.182. The van der Waals surface area contributed by atoms with E-state index in [2.05, 4.69) is 30.4 Å². The van der Waals surface area contributed by atoms with E-state index in [0.29, 0.717) is 5.92 Å². The Hall–Kier alpha value is -2.17. The molecule has 0 radical (unpaired) electrons. The van der Waals surface area contributed by atoms with Crippen LogP contribution in [0, 0.1) is 11.8 Å². The van der Waals surface area contributed by atoms with E-state index < -0.39 is 11.6 Å². The van der Waals surface area contributed by atoms with Gasteiger partial charge >= 0.3 is 5.97 Å². The number of carbonyl (C=O) groups is 1. The van der Waals surface area contributed by atoms with Crippen molar-refractivity contribution in [3.63, 3.8) is 0 Å². The van der Waals surface area contributed by atoms with Gasteiger partial charge in [0.1, 0.15) is 6.10 Å². The molecule has 0 amide bonds. The lowest BCUT2D eigenvalue weighted by Crippen LogP contribution is -2.48. The first-order valence-corrected chi connectivity index (χ1v) is 12.4. The molecular formula is C28H35NO3. The average Bonchev–Trinajstić information content (AvgIpc) is 3.43. The van der Waals surface area contributed by atoms with Gasteiger partial charge in [0, 0.05) is 30.3 Å². The normalized spacial score (nSPS) is 28.2. The molecule has 0 aromatic heterocycles. The number of hydrogen-bond donors (Lipinski definition) is 2. The van der Waals surface area contributed by atoms with Crippen molar-refractivity contribution in [1.82, 2.24) is 5.32 Å². The zero-order valence-electron chi connectivity index (χ0n) is 19.0. The molecule has 1 heterocycles. The molecule has 3 fully saturated rings. The van der Waals surface area contributed by atoms with Crippen molar-refractivity contribution in [3.8, 4) is 0 Å². The van der Waals surface area contributed by atoms with Gasteiger partial charge in [0.15, 0.2) is 5.60 Å². The van der Waals surface area contributed by atoms with Gasteiger partial charge in [-0.1, -0.05) is 80.8 Å². The fourth-order valence-electron chi connectivity index (χ4n) is 6.34. The van der Waals surface area contributed by atoms with Crippen molar-refractivity contribution < 1.29 is 14.6 Å². The van der Waals surface area contributed by atoms with Gasteiger partial charge in [0.25, 0.3) is 0 Å². The molecule has 170 valence electrons. The Morgan fingerprint density at radius 3 is 2.38 bits per heavy atom. The van der Waals surface area contributed by atoms with Gasteiger partial charge in [-0.25, -0.2) is 4.79 Å². The summed E-state index contributed by atoms with van der Waals surface area (Å²) in [5, 5.41) is 15.8. The molecule has 3 aliphatic rings. The molecule has 5 rings (SSSR count). The third kappa shape index (κ3) is 3.78. The van der Waals surface area contributed by atoms with Crippen LogP contribution < -0.4 is 5.32 Å². The summed E-state index contributed by atoms with van der Waals surface area (Å²) in [5.74, 6) is -0.111. The predicted molar refractivity (Wildman–Crippen MR) is 125 cm³/mol. The van der Waals surface area contributed by atoms with Crippen LogP contribution in [0.2, 0.25) is 0 Å². The minimum absolute atomic E-state index is 0.0691. The molecule has 2 aliphatic carbocycles. The highest BCUT2D eigenvalue weighted by Crippen LogP contribution is 2.45. The summed E-state index contributed by atoms with van der Waals surface area (Å²) in [4.78, 5) is 13.9. The molecule has 5 atom stereocenters. The number of benzene rings is 2. The van der Waals surface area contributed by atoms with E-state index in [9.17, 15) is 9.90 Å². The van der Waals surface area contributed by atoms with Crippen LogP contribution >= 0.6 is 0 Å². The van der Waals surface area contributed by atoms with Gasteiger partial charge < -0.3 is 15.2 Å². The zero-order valence-corrected chi connectivity index (χ0v) is 19.0. The highest BCUT2D eigenvalue weighted by Gasteiger charge is 2.52. The maximum Gasteiger partial charge on any atom is 0.343 e. The molecule has 2 aromatic carbocycles. The summed E-state index contributed by atoms with van der Waals surface area (Å²) >= 11 is 0. The minimum atomic E-state index is -1.61. The summed E-state index contributed by atoms with van der Waals surface area (Å²) in [6, 6.07) is 18.5. The van der Waals surface area contributed by atoms with Crippen molar-refractivity contribution >= 4 is 5.97 Å². The summed E-state index contributed by atoms with van der Waals surface area (Å²) < 4.78 is 6.16. The summed E-state index contributed by atoms with van der Waals surface area (Å²) in [6.45, 7) is 3.06. The Bertz CT molecular complexity index is 919. The first-order valence-electron chi connectivity index (χ1n) is 12.4. The third-order valence-electron chi connectivity index (χ3n) is 8.24. The summed E-state index contributed by atoms with van der Waals surface area (Å²) in [7, 11) is 0. The quantitative estimate of drug-likeness (QED) is 0.636. The number of fused-ring (bicyclic) bond motifs is 2. The van der Waals surface area contributed by atoms with E-state index in [-0.39, 0.29) is 24.0 Å². The number of esters is 1. The van der Waals surface area contributed by atoms with Crippen LogP contribution in [0.25, 0.3) is 0 Å². The van der Waals surface area contributed by atoms with E-state index >= 15 is 0 Å². The van der Waals surface area contributed by atoms with Crippen LogP contribution in [0.3, 0.4) is 0 Å². The number of ether oxygens (including phenoxy) is 1. The largest absolute Gasteiger partial charge is 0.458 e. The summed E-state index contributed by atoms with van der Waals surface area (Å²) in [6.07, 6.45) is 7.01. The molecular weight excluding hydrogens is 398 g/mol. The van der Waals surface area contributed by atoms with Crippen molar-refractivity contribution in [2.24, 2.45) is 11.8 Å². The van der Waals surface area contributed by atoms with Crippen LogP contribution in [0.1, 0.15) is 74.5 Å². The van der Waals surface area contributed by atoms with Crippen molar-refractivity contribution in [2.75, 3.05) is 6.54 Å². The predicted octanol–water partition coefficient (Wildman–Crippen LogP) is 4.90. The number of aliphatic hydroxyl groups is 1. The first-order chi connectivity index (χ1) is 15.6. The SMILES string of the molecule is C[C@H](c1ccccc1)c1ccccc1C(O)(C(=O)OC1C2CCC1NC2)C1CCCCC1. The van der Waals surface area contributed by atoms with Crippen molar-refractivity contribution in [1.29, 1.82) is 0 Å². The molecule has 2 bridgehead atoms. The van der Waals surface area contributed by atoms with Crippen LogP contribution in [0.15, 0.2) is 54.6 Å². The van der Waals surface area contributed by atoms with Gasteiger partial charge in [-0.2, -0.15) is 0 Å². The van der Waals surface area contributed by atoms with Crippen LogP contribution in [-0.4, -0.2) is 29.8 Å². The Balaban J connectivity index is 1.53. The fraction of sp³-hybridized carbons (Fsp3) is 0.536. The van der Waals surface area contributed by atoms with E-state index in [1.54, 1.807) is 0 Å². The Labute approximate surface area is 191 Å². The minimum Gasteiger partial charge on any atom is -0.458 e. The molecule has 2 saturated carbocycles. The summed E-state index contributed by atoms with van der Waals surface area (Å²) in [5.41, 5.74) is 1.31. The third-order valence-corrected chi connectivity index (χ3v) is 8.24. The van der Waals surface area contributed by atoms with Gasteiger partial charge in [0.2, 0.25) is 0 Å². The number of piperidine rings is 1. The van der Waals surface area contributed by atoms with Gasteiger partial charge in [-0.3, -0.25) is 0 Å². The van der Waals surface area contributed by atoms with Crippen LogP contribution in [0.4, 0.5) is 0 Å². The van der Waals surface area contributed by atoms with E-state index in [0.717, 1.165) is 56.2 Å². The number of rotatable bonds is 6. The molecule has 1 aliphatic heterocycles. The second kappa shape index (κ2) is 8.99. The van der Waals surface area contributed by atoms with E-state index in [1.807, 2.05) is 36.4 Å². The highest BCUT2D eigenvalue weighted by molar-refractivity contribution is 5.82. The smallest absolute Gasteiger partial charge is 0.343 e. The van der Waals surface area contributed by atoms with Crippen LogP contribution in [-0.2, 0) is 15.1 Å². The highest BCUT2D eigenvalue weighted by atomic mass is 16.6. The van der Waals surface area contributed by atoms with Crippen molar-refractivity contribution in [2.45, 2.75) is 75.5 Å². The van der Waals surface area contributed by atoms with Gasteiger partial charge in [0.05, 0.1) is 0 Å². The maximum atomic E-state index is 13.9. The van der Waals surface area contributed by atoms with E-state index in [1.165, 1.54) is 12.0 Å². The number of nitrogens with one attached hydrogen (secondary N) is 1. The molecule has 1 saturated heterocycles. The average molecular weight is 434 g/mol. The number of carbonyl (C=O) groups excluding carboxylic acids is 1. The van der Waals surface area contributed by atoms with Crippen molar-refractivity contribution in [3.05, 3.63) is 71.3 Å². The Morgan fingerprint density at radius 1 is 1.00 bits per heavy atom. The van der Waals surface area contributed by atoms with E-state index in [4.69, 9.17) is 4.74 Å². The fourth-order valence-corrected chi connectivity index (χ4v) is 6.34. The topological polar surface area (TPSA) is 58.6 Å². The Morgan fingerprint density at radius 2 is 1.72 bits per heavy atom. The van der Waals surface area contributed by atoms with Gasteiger partial charge in [-0.15, -0.1) is 0 Å². The lowest BCUT2D eigenvalue weighted by atomic mass is 9.70. The molecule has 2 N–H and O–H groups in total. The second-order valence-corrected chi connectivity index (χ2v) is 10.0. The second-order valence-electron chi connectivity index (χ2n) is 10.0. The molecule has 4 heteroatoms. The molecule has 2 aromatic rings. The number of hydrogen-bond acceptors (Lipinski definition) is 4. The van der Waals surface area contributed by atoms with Crippen LogP contribution in [0.5, 0.6) is 0 Å². The first kappa shape index (κ1) is 21.7. The standard InChI is InChI=1S/C28H35NO3/c1-19(20-10-4-2-5-11-20)23-14-8-9-15-24(23)28(31,22-12-6-3-7-13-22)27(30)32-26-21-16-17-25(26)29-18-21/h2,4-5,8-11,14-15,19,21-22,25-26,29,31H,3,6-7,12-13,16-18H2,1H3/t19-,21?,25?,26?,28?/m1/s1. The van der Waals surface area contributed by atoms with Gasteiger partial charge in [-0.05, 0) is 42.4 Å². The molecule has 32 heavy (non-hydrogen) atoms. The zero-order chi connectivity index (χ0) is 22.1. The lowest BCUT2D eigenvalue weighted by Gasteiger charge is -2.39. The molecule has 4 nitrogen and oxygen atoms in total. The monoisotopic (exact) mass is 433 g/mol. The Kier molecular flexibility index (Phi) is 6.09. The maximum absolute atomic E-state index is 13.9. The molecule has 0 spiro atoms.